The van der Waals surface area contributed by atoms with Gasteiger partial charge in [-0.3, -0.25) is 0 Å². The molecule has 0 radical (unpaired) electrons. The first-order valence-electron chi connectivity index (χ1n) is 6.15. The van der Waals surface area contributed by atoms with Crippen LogP contribution < -0.4 is 0 Å². The highest BCUT2D eigenvalue weighted by molar-refractivity contribution is 6.48. The van der Waals surface area contributed by atoms with E-state index in [1.54, 1.807) is 0 Å². The molecule has 1 fully saturated rings. The van der Waals surface area contributed by atoms with Crippen LogP contribution in [0.3, 0.4) is 0 Å². The SMILES string of the molecule is C1=CC(B2O[C@@H]3Cc4ccccc4[C@@H]3O2)C=C1. The second-order valence-corrected chi connectivity index (χ2v) is 4.85. The number of hydrogen-bond donors (Lipinski definition) is 0. The van der Waals surface area contributed by atoms with E-state index >= 15 is 0 Å². The van der Waals surface area contributed by atoms with E-state index in [1.807, 2.05) is 0 Å². The second kappa shape index (κ2) is 3.59. The van der Waals surface area contributed by atoms with E-state index in [0.717, 1.165) is 6.42 Å². The number of benzene rings is 1. The first-order valence-corrected chi connectivity index (χ1v) is 6.15. The van der Waals surface area contributed by atoms with Crippen LogP contribution >= 0.6 is 0 Å². The molecular formula is C14H13BO2. The van der Waals surface area contributed by atoms with E-state index in [-0.39, 0.29) is 25.1 Å². The van der Waals surface area contributed by atoms with E-state index in [4.69, 9.17) is 9.31 Å². The van der Waals surface area contributed by atoms with Gasteiger partial charge in [0.15, 0.2) is 0 Å². The average molecular weight is 224 g/mol. The maximum absolute atomic E-state index is 6.07. The third kappa shape index (κ3) is 1.43. The fourth-order valence-electron chi connectivity index (χ4n) is 2.96. The lowest BCUT2D eigenvalue weighted by Gasteiger charge is -2.11. The standard InChI is InChI=1S/C14H13BO2/c1-4-8-12-10(5-1)9-13-14(12)17-15(16-13)11-6-2-3-7-11/h1-8,11,13-14H,9H2/t13-,14+/m1/s1. The van der Waals surface area contributed by atoms with Crippen molar-refractivity contribution < 1.29 is 9.31 Å². The molecule has 3 heteroatoms. The largest absolute Gasteiger partial charge is 0.469 e. The van der Waals surface area contributed by atoms with Crippen molar-refractivity contribution in [2.45, 2.75) is 24.4 Å². The van der Waals surface area contributed by atoms with Crippen LogP contribution in [0, 0.1) is 0 Å². The fourth-order valence-corrected chi connectivity index (χ4v) is 2.96. The third-order valence-electron chi connectivity index (χ3n) is 3.80. The van der Waals surface area contributed by atoms with Crippen LogP contribution in [0.1, 0.15) is 17.2 Å². The van der Waals surface area contributed by atoms with Crippen molar-refractivity contribution in [1.82, 2.24) is 0 Å². The summed E-state index contributed by atoms with van der Waals surface area (Å²) >= 11 is 0. The van der Waals surface area contributed by atoms with Crippen LogP contribution in [0.5, 0.6) is 0 Å². The highest BCUT2D eigenvalue weighted by Gasteiger charge is 2.47. The Morgan fingerprint density at radius 2 is 1.88 bits per heavy atom. The maximum atomic E-state index is 6.07. The van der Waals surface area contributed by atoms with Crippen molar-refractivity contribution in [3.05, 3.63) is 59.7 Å². The molecule has 0 unspecified atom stereocenters. The molecule has 4 rings (SSSR count). The van der Waals surface area contributed by atoms with E-state index < -0.39 is 0 Å². The smallest absolute Gasteiger partial charge is 0.404 e. The van der Waals surface area contributed by atoms with Crippen molar-refractivity contribution in [1.29, 1.82) is 0 Å². The van der Waals surface area contributed by atoms with E-state index in [9.17, 15) is 0 Å². The highest BCUT2D eigenvalue weighted by atomic mass is 16.7. The van der Waals surface area contributed by atoms with Crippen LogP contribution in [0.25, 0.3) is 0 Å². The van der Waals surface area contributed by atoms with Crippen LogP contribution in [0.2, 0.25) is 5.82 Å². The summed E-state index contributed by atoms with van der Waals surface area (Å²) in [5, 5.41) is 0. The maximum Gasteiger partial charge on any atom is 0.469 e. The summed E-state index contributed by atoms with van der Waals surface area (Å²) in [5.74, 6) is 0.285. The normalized spacial score (nSPS) is 30.0. The van der Waals surface area contributed by atoms with Crippen LogP contribution in [-0.2, 0) is 15.7 Å². The molecule has 0 amide bonds. The van der Waals surface area contributed by atoms with Gasteiger partial charge in [-0.15, -0.1) is 0 Å². The van der Waals surface area contributed by atoms with Gasteiger partial charge in [0.1, 0.15) is 0 Å². The molecule has 2 aliphatic carbocycles. The summed E-state index contributed by atoms with van der Waals surface area (Å²) in [6, 6.07) is 8.49. The lowest BCUT2D eigenvalue weighted by Crippen LogP contribution is -2.21. The first-order chi connectivity index (χ1) is 8.42. The zero-order chi connectivity index (χ0) is 11.2. The molecule has 17 heavy (non-hydrogen) atoms. The van der Waals surface area contributed by atoms with E-state index in [1.165, 1.54) is 11.1 Å². The Hall–Kier alpha value is -1.32. The molecule has 0 saturated carbocycles. The van der Waals surface area contributed by atoms with Gasteiger partial charge < -0.3 is 9.31 Å². The summed E-state index contributed by atoms with van der Waals surface area (Å²) in [7, 11) is -0.103. The molecule has 0 bridgehead atoms. The topological polar surface area (TPSA) is 18.5 Å². The van der Waals surface area contributed by atoms with Gasteiger partial charge in [0.25, 0.3) is 0 Å². The summed E-state index contributed by atoms with van der Waals surface area (Å²) in [6.07, 6.45) is 9.71. The molecule has 1 heterocycles. The Morgan fingerprint density at radius 1 is 1.06 bits per heavy atom. The first kappa shape index (κ1) is 9.69. The lowest BCUT2D eigenvalue weighted by atomic mass is 9.73. The quantitative estimate of drug-likeness (QED) is 0.682. The van der Waals surface area contributed by atoms with Crippen LogP contribution in [-0.4, -0.2) is 13.2 Å². The number of hydrogen-bond acceptors (Lipinski definition) is 2. The second-order valence-electron chi connectivity index (χ2n) is 4.85. The van der Waals surface area contributed by atoms with Crippen molar-refractivity contribution in [3.8, 4) is 0 Å². The molecule has 0 N–H and O–H groups in total. The monoisotopic (exact) mass is 224 g/mol. The molecule has 0 spiro atoms. The lowest BCUT2D eigenvalue weighted by molar-refractivity contribution is 0.176. The summed E-state index contributed by atoms with van der Waals surface area (Å²) in [6.45, 7) is 0. The number of allylic oxidation sites excluding steroid dienone is 4. The van der Waals surface area contributed by atoms with E-state index in [2.05, 4.69) is 48.6 Å². The van der Waals surface area contributed by atoms with Gasteiger partial charge in [-0.05, 0) is 11.1 Å². The van der Waals surface area contributed by atoms with Gasteiger partial charge in [0.05, 0.1) is 12.2 Å². The van der Waals surface area contributed by atoms with Crippen molar-refractivity contribution >= 4 is 7.12 Å². The van der Waals surface area contributed by atoms with Gasteiger partial charge in [0, 0.05) is 12.2 Å². The minimum Gasteiger partial charge on any atom is -0.404 e. The Balaban J connectivity index is 1.61. The molecule has 2 atom stereocenters. The summed E-state index contributed by atoms with van der Waals surface area (Å²) in [5.41, 5.74) is 2.68. The molecule has 1 aliphatic heterocycles. The van der Waals surface area contributed by atoms with Crippen molar-refractivity contribution in [2.75, 3.05) is 0 Å². The van der Waals surface area contributed by atoms with Gasteiger partial charge >= 0.3 is 7.12 Å². The van der Waals surface area contributed by atoms with Crippen LogP contribution in [0.4, 0.5) is 0 Å². The molecule has 0 aromatic heterocycles. The molecule has 1 aromatic rings. The summed E-state index contributed by atoms with van der Waals surface area (Å²) < 4.78 is 12.1. The molecule has 3 aliphatic rings. The highest BCUT2D eigenvalue weighted by Crippen LogP contribution is 2.43. The van der Waals surface area contributed by atoms with E-state index in [0.29, 0.717) is 0 Å². The van der Waals surface area contributed by atoms with Gasteiger partial charge in [-0.25, -0.2) is 0 Å². The van der Waals surface area contributed by atoms with Gasteiger partial charge in [-0.2, -0.15) is 0 Å². The molecule has 1 aromatic carbocycles. The Labute approximate surface area is 101 Å². The average Bonchev–Trinajstić information content (AvgIpc) is 3.03. The van der Waals surface area contributed by atoms with Gasteiger partial charge in [0.2, 0.25) is 0 Å². The molecule has 2 nitrogen and oxygen atoms in total. The zero-order valence-corrected chi connectivity index (χ0v) is 9.45. The predicted octanol–water partition coefficient (Wildman–Crippen LogP) is 2.68. The minimum atomic E-state index is -0.103. The van der Waals surface area contributed by atoms with Crippen molar-refractivity contribution in [3.63, 3.8) is 0 Å². The fraction of sp³-hybridized carbons (Fsp3) is 0.286. The molecule has 1 saturated heterocycles. The third-order valence-corrected chi connectivity index (χ3v) is 3.80. The zero-order valence-electron chi connectivity index (χ0n) is 9.45. The predicted molar refractivity (Wildman–Crippen MR) is 66.6 cm³/mol. The number of rotatable bonds is 1. The minimum absolute atomic E-state index is 0.103. The Morgan fingerprint density at radius 3 is 2.76 bits per heavy atom. The van der Waals surface area contributed by atoms with Gasteiger partial charge in [-0.1, -0.05) is 48.6 Å². The van der Waals surface area contributed by atoms with Crippen LogP contribution in [0.15, 0.2) is 48.6 Å². The molecular weight excluding hydrogens is 211 g/mol. The Kier molecular flexibility index (Phi) is 2.04. The Bertz CT molecular complexity index is 497. The summed E-state index contributed by atoms with van der Waals surface area (Å²) in [4.78, 5) is 0. The number of fused-ring (bicyclic) bond motifs is 3. The van der Waals surface area contributed by atoms with Crippen molar-refractivity contribution in [2.24, 2.45) is 0 Å². The molecule has 84 valence electrons.